The Balaban J connectivity index is 1.86. The first-order valence-electron chi connectivity index (χ1n) is 8.68. The van der Waals surface area contributed by atoms with E-state index in [1.807, 2.05) is 26.8 Å². The van der Waals surface area contributed by atoms with Gasteiger partial charge in [-0.2, -0.15) is 0 Å². The molecule has 0 unspecified atom stereocenters. The largest absolute Gasteiger partial charge is 0.444 e. The molecule has 2 amide bonds. The number of aldehydes is 1. The number of carbonyl (C=O) groups excluding carboxylic acids is 3. The molecular weight excluding hydrogens is 320 g/mol. The fraction of sp³-hybridized carbons (Fsp3) is 0.526. The summed E-state index contributed by atoms with van der Waals surface area (Å²) >= 11 is 0. The van der Waals surface area contributed by atoms with Crippen LogP contribution in [0.5, 0.6) is 0 Å². The van der Waals surface area contributed by atoms with Crippen molar-refractivity contribution in [3.05, 3.63) is 28.8 Å². The zero-order valence-corrected chi connectivity index (χ0v) is 15.0. The van der Waals surface area contributed by atoms with Crippen molar-refractivity contribution >= 4 is 24.0 Å². The van der Waals surface area contributed by atoms with E-state index >= 15 is 0 Å². The van der Waals surface area contributed by atoms with Crippen molar-refractivity contribution in [1.82, 2.24) is 4.90 Å². The van der Waals surface area contributed by atoms with Crippen molar-refractivity contribution in [3.8, 4) is 0 Å². The maximum Gasteiger partial charge on any atom is 0.410 e. The Labute approximate surface area is 147 Å². The molecule has 0 saturated carbocycles. The van der Waals surface area contributed by atoms with Crippen LogP contribution in [0, 0.1) is 0 Å². The van der Waals surface area contributed by atoms with E-state index < -0.39 is 5.60 Å². The van der Waals surface area contributed by atoms with Crippen LogP contribution < -0.4 is 4.90 Å². The van der Waals surface area contributed by atoms with Crippen LogP contribution in [-0.2, 0) is 22.6 Å². The molecular formula is C19H24N2O4. The van der Waals surface area contributed by atoms with Gasteiger partial charge in [0.25, 0.3) is 0 Å². The number of hydrogen-bond acceptors (Lipinski definition) is 4. The van der Waals surface area contributed by atoms with E-state index in [1.165, 1.54) is 0 Å². The van der Waals surface area contributed by atoms with E-state index in [9.17, 15) is 14.4 Å². The summed E-state index contributed by atoms with van der Waals surface area (Å²) < 4.78 is 5.43. The summed E-state index contributed by atoms with van der Waals surface area (Å²) in [6.45, 7) is 6.97. The fourth-order valence-corrected chi connectivity index (χ4v) is 3.30. The van der Waals surface area contributed by atoms with Gasteiger partial charge < -0.3 is 9.64 Å². The Kier molecular flexibility index (Phi) is 4.54. The molecule has 0 N–H and O–H groups in total. The summed E-state index contributed by atoms with van der Waals surface area (Å²) in [6.07, 6.45) is 2.76. The Hall–Kier alpha value is -2.37. The van der Waals surface area contributed by atoms with Gasteiger partial charge in [0, 0.05) is 31.6 Å². The highest BCUT2D eigenvalue weighted by atomic mass is 16.6. The minimum Gasteiger partial charge on any atom is -0.444 e. The van der Waals surface area contributed by atoms with Crippen LogP contribution in [0.15, 0.2) is 12.1 Å². The minimum absolute atomic E-state index is 0.0521. The van der Waals surface area contributed by atoms with E-state index in [-0.39, 0.29) is 12.0 Å². The first-order valence-corrected chi connectivity index (χ1v) is 8.68. The molecule has 1 aromatic rings. The van der Waals surface area contributed by atoms with Crippen molar-refractivity contribution in [2.45, 2.75) is 58.7 Å². The molecule has 6 nitrogen and oxygen atoms in total. The van der Waals surface area contributed by atoms with E-state index in [1.54, 1.807) is 15.9 Å². The molecule has 0 radical (unpaired) electrons. The molecule has 25 heavy (non-hydrogen) atoms. The number of rotatable bonds is 2. The highest BCUT2D eigenvalue weighted by molar-refractivity contribution is 5.99. The highest BCUT2D eigenvalue weighted by Gasteiger charge is 2.30. The van der Waals surface area contributed by atoms with Gasteiger partial charge in [0.2, 0.25) is 5.91 Å². The molecule has 2 aliphatic heterocycles. The van der Waals surface area contributed by atoms with Gasteiger partial charge in [-0.25, -0.2) is 4.79 Å². The number of carbonyl (C=O) groups is 3. The Morgan fingerprint density at radius 1 is 1.16 bits per heavy atom. The van der Waals surface area contributed by atoms with Crippen molar-refractivity contribution in [2.24, 2.45) is 0 Å². The lowest BCUT2D eigenvalue weighted by Crippen LogP contribution is -2.36. The number of fused-ring (bicyclic) bond motifs is 1. The second kappa shape index (κ2) is 6.50. The molecule has 3 rings (SSSR count). The second-order valence-corrected chi connectivity index (χ2v) is 7.64. The third-order valence-corrected chi connectivity index (χ3v) is 4.46. The lowest BCUT2D eigenvalue weighted by Gasteiger charge is -2.28. The SMILES string of the molecule is CC(C)(C)OC(=O)N1Cc2cc(C=O)c(N3CCCCC3=O)cc2C1. The fourth-order valence-electron chi connectivity index (χ4n) is 3.30. The molecule has 0 aromatic heterocycles. The van der Waals surface area contributed by atoms with Crippen LogP contribution in [0.2, 0.25) is 0 Å². The monoisotopic (exact) mass is 344 g/mol. The number of hydrogen-bond donors (Lipinski definition) is 0. The lowest BCUT2D eigenvalue weighted by molar-refractivity contribution is -0.119. The minimum atomic E-state index is -0.550. The van der Waals surface area contributed by atoms with Gasteiger partial charge >= 0.3 is 6.09 Å². The zero-order chi connectivity index (χ0) is 18.2. The van der Waals surface area contributed by atoms with Gasteiger partial charge in [0.1, 0.15) is 5.60 Å². The maximum atomic E-state index is 12.3. The molecule has 0 atom stereocenters. The maximum absolute atomic E-state index is 12.3. The summed E-state index contributed by atoms with van der Waals surface area (Å²) in [6, 6.07) is 3.68. The van der Waals surface area contributed by atoms with E-state index in [2.05, 4.69) is 0 Å². The van der Waals surface area contributed by atoms with Crippen molar-refractivity contribution < 1.29 is 19.1 Å². The molecule has 0 aliphatic carbocycles. The Morgan fingerprint density at radius 2 is 1.84 bits per heavy atom. The summed E-state index contributed by atoms with van der Waals surface area (Å²) in [7, 11) is 0. The standard InChI is InChI=1S/C19H24N2O4/c1-19(2,3)25-18(24)20-10-13-8-15(12-22)16(9-14(13)11-20)21-7-5-4-6-17(21)23/h8-9,12H,4-7,10-11H2,1-3H3. The Morgan fingerprint density at radius 3 is 2.44 bits per heavy atom. The predicted molar refractivity (Wildman–Crippen MR) is 93.5 cm³/mol. The predicted octanol–water partition coefficient (Wildman–Crippen LogP) is 3.27. The van der Waals surface area contributed by atoms with Crippen molar-refractivity contribution in [2.75, 3.05) is 11.4 Å². The van der Waals surface area contributed by atoms with Crippen molar-refractivity contribution in [1.29, 1.82) is 0 Å². The first-order chi connectivity index (χ1) is 11.8. The molecule has 2 aliphatic rings. The Bertz CT molecular complexity index is 721. The van der Waals surface area contributed by atoms with E-state index in [4.69, 9.17) is 4.74 Å². The van der Waals surface area contributed by atoms with E-state index in [0.29, 0.717) is 37.3 Å². The third-order valence-electron chi connectivity index (χ3n) is 4.46. The highest BCUT2D eigenvalue weighted by Crippen LogP contribution is 2.32. The van der Waals surface area contributed by atoms with Gasteiger partial charge in [0.05, 0.1) is 5.69 Å². The van der Waals surface area contributed by atoms with Gasteiger partial charge in [-0.15, -0.1) is 0 Å². The molecule has 0 spiro atoms. The topological polar surface area (TPSA) is 66.9 Å². The first kappa shape index (κ1) is 17.5. The molecule has 2 heterocycles. The molecule has 1 saturated heterocycles. The van der Waals surface area contributed by atoms with Crippen LogP contribution in [-0.4, -0.2) is 35.3 Å². The molecule has 6 heteroatoms. The van der Waals surface area contributed by atoms with Gasteiger partial charge in [0.15, 0.2) is 6.29 Å². The van der Waals surface area contributed by atoms with Crippen LogP contribution in [0.3, 0.4) is 0 Å². The zero-order valence-electron chi connectivity index (χ0n) is 15.0. The van der Waals surface area contributed by atoms with Crippen LogP contribution >= 0.6 is 0 Å². The molecule has 1 aromatic carbocycles. The number of piperidine rings is 1. The summed E-state index contributed by atoms with van der Waals surface area (Å²) in [4.78, 5) is 39.4. The van der Waals surface area contributed by atoms with Crippen molar-refractivity contribution in [3.63, 3.8) is 0 Å². The summed E-state index contributed by atoms with van der Waals surface area (Å²) in [5, 5.41) is 0. The smallest absolute Gasteiger partial charge is 0.410 e. The number of nitrogens with zero attached hydrogens (tertiary/aromatic N) is 2. The molecule has 1 fully saturated rings. The number of amides is 2. The lowest BCUT2D eigenvalue weighted by atomic mass is 10.0. The third kappa shape index (κ3) is 3.67. The second-order valence-electron chi connectivity index (χ2n) is 7.64. The normalized spacial score (nSPS) is 17.5. The number of ether oxygens (including phenoxy) is 1. The summed E-state index contributed by atoms with van der Waals surface area (Å²) in [5.74, 6) is 0.0521. The van der Waals surface area contributed by atoms with Crippen LogP contribution in [0.4, 0.5) is 10.5 Å². The molecule has 134 valence electrons. The van der Waals surface area contributed by atoms with E-state index in [0.717, 1.165) is 30.3 Å². The van der Waals surface area contributed by atoms with Crippen LogP contribution in [0.25, 0.3) is 0 Å². The van der Waals surface area contributed by atoms with Crippen LogP contribution in [0.1, 0.15) is 61.5 Å². The molecule has 0 bridgehead atoms. The number of benzene rings is 1. The van der Waals surface area contributed by atoms with Gasteiger partial charge in [-0.1, -0.05) is 0 Å². The average Bonchev–Trinajstić information content (AvgIpc) is 2.95. The number of anilines is 1. The van der Waals surface area contributed by atoms with Gasteiger partial charge in [-0.05, 0) is 56.9 Å². The quantitative estimate of drug-likeness (QED) is 0.772. The average molecular weight is 344 g/mol. The summed E-state index contributed by atoms with van der Waals surface area (Å²) in [5.41, 5.74) is 2.50. The van der Waals surface area contributed by atoms with Gasteiger partial charge in [-0.3, -0.25) is 14.5 Å².